The SMILES string of the molecule is BrCCN(CCBr)c1ccc2c(c1)Cc1cc(Br)ccc1-2. The van der Waals surface area contributed by atoms with E-state index in [2.05, 4.69) is 89.1 Å². The highest BCUT2D eigenvalue weighted by Gasteiger charge is 2.19. The van der Waals surface area contributed by atoms with Crippen LogP contribution in [0.2, 0.25) is 0 Å². The molecule has 0 atom stereocenters. The Morgan fingerprint density at radius 1 is 0.857 bits per heavy atom. The summed E-state index contributed by atoms with van der Waals surface area (Å²) in [6.45, 7) is 2.06. The lowest BCUT2D eigenvalue weighted by Crippen LogP contribution is -2.27. The van der Waals surface area contributed by atoms with Crippen LogP contribution in [0.15, 0.2) is 40.9 Å². The van der Waals surface area contributed by atoms with Crippen molar-refractivity contribution in [3.63, 3.8) is 0 Å². The van der Waals surface area contributed by atoms with Crippen LogP contribution in [-0.4, -0.2) is 23.7 Å². The highest BCUT2D eigenvalue weighted by atomic mass is 79.9. The number of halogens is 3. The molecule has 0 N–H and O–H groups in total. The molecule has 0 radical (unpaired) electrons. The van der Waals surface area contributed by atoms with E-state index in [1.165, 1.54) is 27.9 Å². The quantitative estimate of drug-likeness (QED) is 0.435. The van der Waals surface area contributed by atoms with Gasteiger partial charge in [0.2, 0.25) is 0 Å². The van der Waals surface area contributed by atoms with Crippen molar-refractivity contribution in [2.24, 2.45) is 0 Å². The summed E-state index contributed by atoms with van der Waals surface area (Å²) < 4.78 is 1.16. The summed E-state index contributed by atoms with van der Waals surface area (Å²) >= 11 is 10.7. The van der Waals surface area contributed by atoms with Crippen molar-refractivity contribution < 1.29 is 0 Å². The van der Waals surface area contributed by atoms with Gasteiger partial charge in [0.15, 0.2) is 0 Å². The largest absolute Gasteiger partial charge is 0.370 e. The van der Waals surface area contributed by atoms with Gasteiger partial charge in [-0.3, -0.25) is 0 Å². The number of nitrogens with zero attached hydrogens (tertiary/aromatic N) is 1. The van der Waals surface area contributed by atoms with E-state index in [0.29, 0.717) is 0 Å². The van der Waals surface area contributed by atoms with Crippen LogP contribution >= 0.6 is 47.8 Å². The zero-order valence-corrected chi connectivity index (χ0v) is 16.3. The Hall–Kier alpha value is -0.320. The molecule has 2 aromatic rings. The number of alkyl halides is 2. The minimum atomic E-state index is 0.990. The van der Waals surface area contributed by atoms with E-state index in [-0.39, 0.29) is 0 Å². The maximum absolute atomic E-state index is 3.57. The maximum atomic E-state index is 3.57. The van der Waals surface area contributed by atoms with Crippen molar-refractivity contribution in [1.29, 1.82) is 0 Å². The second-order valence-corrected chi connectivity index (χ2v) is 7.69. The van der Waals surface area contributed by atoms with E-state index in [0.717, 1.165) is 34.6 Å². The van der Waals surface area contributed by atoms with Crippen LogP contribution in [0.3, 0.4) is 0 Å². The van der Waals surface area contributed by atoms with E-state index in [1.54, 1.807) is 0 Å². The first kappa shape index (κ1) is 15.6. The molecule has 0 saturated carbocycles. The van der Waals surface area contributed by atoms with Gasteiger partial charge in [-0.1, -0.05) is 59.9 Å². The Bertz CT molecular complexity index is 648. The fourth-order valence-corrected chi connectivity index (χ4v) is 4.20. The second-order valence-electron chi connectivity index (χ2n) is 5.18. The number of rotatable bonds is 5. The van der Waals surface area contributed by atoms with Gasteiger partial charge in [-0.25, -0.2) is 0 Å². The van der Waals surface area contributed by atoms with Crippen LogP contribution in [0, 0.1) is 0 Å². The fourth-order valence-electron chi connectivity index (χ4n) is 2.94. The zero-order chi connectivity index (χ0) is 14.8. The molecule has 0 spiro atoms. The minimum absolute atomic E-state index is 0.990. The topological polar surface area (TPSA) is 3.24 Å². The molecular weight excluding hydrogens is 458 g/mol. The molecule has 1 nitrogen and oxygen atoms in total. The zero-order valence-electron chi connectivity index (χ0n) is 11.6. The van der Waals surface area contributed by atoms with Gasteiger partial charge in [0.05, 0.1) is 0 Å². The Kier molecular flexibility index (Phi) is 5.07. The van der Waals surface area contributed by atoms with Gasteiger partial charge in [-0.05, 0) is 52.9 Å². The van der Waals surface area contributed by atoms with Crippen molar-refractivity contribution in [1.82, 2.24) is 0 Å². The predicted octanol–water partition coefficient (Wildman–Crippen LogP) is 5.62. The van der Waals surface area contributed by atoms with Crippen molar-refractivity contribution in [2.45, 2.75) is 6.42 Å². The lowest BCUT2D eigenvalue weighted by molar-refractivity contribution is 0.884. The Morgan fingerprint density at radius 2 is 1.48 bits per heavy atom. The summed E-state index contributed by atoms with van der Waals surface area (Å²) in [6.07, 6.45) is 1.04. The monoisotopic (exact) mass is 471 g/mol. The van der Waals surface area contributed by atoms with Gasteiger partial charge in [0.1, 0.15) is 0 Å². The molecule has 4 heteroatoms. The molecule has 0 bridgehead atoms. The summed E-state index contributed by atoms with van der Waals surface area (Å²) in [5, 5.41) is 1.98. The van der Waals surface area contributed by atoms with Crippen LogP contribution in [0.1, 0.15) is 11.1 Å². The molecule has 21 heavy (non-hydrogen) atoms. The number of benzene rings is 2. The molecule has 0 heterocycles. The molecule has 0 aliphatic heterocycles. The highest BCUT2D eigenvalue weighted by molar-refractivity contribution is 9.10. The smallest absolute Gasteiger partial charge is 0.0370 e. The van der Waals surface area contributed by atoms with Gasteiger partial charge < -0.3 is 4.90 Å². The summed E-state index contributed by atoms with van der Waals surface area (Å²) in [5.41, 5.74) is 6.95. The first-order chi connectivity index (χ1) is 10.2. The molecule has 3 rings (SSSR count). The molecule has 0 saturated heterocycles. The van der Waals surface area contributed by atoms with E-state index in [9.17, 15) is 0 Å². The number of hydrogen-bond acceptors (Lipinski definition) is 1. The summed E-state index contributed by atoms with van der Waals surface area (Å²) in [4.78, 5) is 2.42. The van der Waals surface area contributed by atoms with E-state index in [1.807, 2.05) is 0 Å². The van der Waals surface area contributed by atoms with Crippen LogP contribution in [0.25, 0.3) is 11.1 Å². The van der Waals surface area contributed by atoms with Crippen molar-refractivity contribution in [3.8, 4) is 11.1 Å². The van der Waals surface area contributed by atoms with Crippen LogP contribution in [0.5, 0.6) is 0 Å². The number of hydrogen-bond donors (Lipinski definition) is 0. The lowest BCUT2D eigenvalue weighted by Gasteiger charge is -2.23. The summed E-state index contributed by atoms with van der Waals surface area (Å²) in [5.74, 6) is 0. The molecule has 1 aliphatic carbocycles. The summed E-state index contributed by atoms with van der Waals surface area (Å²) in [7, 11) is 0. The average molecular weight is 474 g/mol. The van der Waals surface area contributed by atoms with Gasteiger partial charge in [-0.2, -0.15) is 0 Å². The summed E-state index contributed by atoms with van der Waals surface area (Å²) in [6, 6.07) is 13.5. The Morgan fingerprint density at radius 3 is 2.14 bits per heavy atom. The molecule has 0 fully saturated rings. The third-order valence-corrected chi connectivity index (χ3v) is 5.10. The molecule has 0 unspecified atom stereocenters. The van der Waals surface area contributed by atoms with Gasteiger partial charge >= 0.3 is 0 Å². The molecule has 2 aromatic carbocycles. The first-order valence-electron chi connectivity index (χ1n) is 7.01. The molecule has 110 valence electrons. The lowest BCUT2D eigenvalue weighted by atomic mass is 10.1. The number of anilines is 1. The van der Waals surface area contributed by atoms with Crippen LogP contribution < -0.4 is 4.90 Å². The average Bonchev–Trinajstić information content (AvgIpc) is 2.83. The maximum Gasteiger partial charge on any atom is 0.0370 e. The van der Waals surface area contributed by atoms with Crippen LogP contribution in [0.4, 0.5) is 5.69 Å². The molecular formula is C17H16Br3N. The van der Waals surface area contributed by atoms with E-state index in [4.69, 9.17) is 0 Å². The highest BCUT2D eigenvalue weighted by Crippen LogP contribution is 2.39. The first-order valence-corrected chi connectivity index (χ1v) is 10.0. The fraction of sp³-hybridized carbons (Fsp3) is 0.294. The van der Waals surface area contributed by atoms with Crippen LogP contribution in [-0.2, 0) is 6.42 Å². The molecule has 0 amide bonds. The Labute approximate surface area is 151 Å². The van der Waals surface area contributed by atoms with Gasteiger partial charge in [0, 0.05) is 33.9 Å². The molecule has 1 aliphatic rings. The van der Waals surface area contributed by atoms with Crippen molar-refractivity contribution in [3.05, 3.63) is 52.0 Å². The second kappa shape index (κ2) is 6.84. The van der Waals surface area contributed by atoms with Gasteiger partial charge in [-0.15, -0.1) is 0 Å². The standard InChI is InChI=1S/C17H16Br3N/c18-5-7-21(8-6-19)15-2-4-17-13(11-15)9-12-10-14(20)1-3-16(12)17/h1-4,10-11H,5-9H2. The van der Waals surface area contributed by atoms with Gasteiger partial charge in [0.25, 0.3) is 0 Å². The molecule has 0 aromatic heterocycles. The van der Waals surface area contributed by atoms with Crippen molar-refractivity contribution in [2.75, 3.05) is 28.6 Å². The van der Waals surface area contributed by atoms with Crippen molar-refractivity contribution >= 4 is 53.5 Å². The van der Waals surface area contributed by atoms with E-state index < -0.39 is 0 Å². The normalized spacial score (nSPS) is 12.1. The van der Waals surface area contributed by atoms with E-state index >= 15 is 0 Å². The minimum Gasteiger partial charge on any atom is -0.370 e. The Balaban J connectivity index is 1.94. The third-order valence-electron chi connectivity index (χ3n) is 3.90. The predicted molar refractivity (Wildman–Crippen MR) is 102 cm³/mol. The number of fused-ring (bicyclic) bond motifs is 3. The third kappa shape index (κ3) is 3.22.